The third kappa shape index (κ3) is 3.39. The van der Waals surface area contributed by atoms with Gasteiger partial charge in [-0.1, -0.05) is 19.1 Å². The molecular formula is C16H23N3O. The number of fused-ring (bicyclic) bond motifs is 1. The van der Waals surface area contributed by atoms with E-state index in [0.717, 1.165) is 25.0 Å². The van der Waals surface area contributed by atoms with Crippen molar-refractivity contribution in [2.75, 3.05) is 13.1 Å². The fourth-order valence-electron chi connectivity index (χ4n) is 2.39. The van der Waals surface area contributed by atoms with Crippen LogP contribution in [0.25, 0.3) is 10.9 Å². The van der Waals surface area contributed by atoms with E-state index in [1.807, 2.05) is 17.7 Å². The molecule has 0 saturated carbocycles. The molecule has 2 aromatic rings. The summed E-state index contributed by atoms with van der Waals surface area (Å²) in [6.07, 6.45) is 3.12. The van der Waals surface area contributed by atoms with E-state index < -0.39 is 0 Å². The van der Waals surface area contributed by atoms with E-state index in [-0.39, 0.29) is 5.91 Å². The van der Waals surface area contributed by atoms with Gasteiger partial charge in [-0.05, 0) is 37.6 Å². The van der Waals surface area contributed by atoms with Crippen LogP contribution < -0.4 is 10.6 Å². The first-order chi connectivity index (χ1) is 9.76. The summed E-state index contributed by atoms with van der Waals surface area (Å²) >= 11 is 0. The Balaban J connectivity index is 2.18. The van der Waals surface area contributed by atoms with E-state index in [4.69, 9.17) is 0 Å². The molecule has 0 atom stereocenters. The van der Waals surface area contributed by atoms with Gasteiger partial charge in [-0.15, -0.1) is 0 Å². The van der Waals surface area contributed by atoms with Gasteiger partial charge >= 0.3 is 0 Å². The molecule has 0 aliphatic rings. The third-order valence-corrected chi connectivity index (χ3v) is 3.33. The number of aromatic nitrogens is 1. The van der Waals surface area contributed by atoms with Crippen LogP contribution in [0.2, 0.25) is 0 Å². The Bertz CT molecular complexity index is 574. The summed E-state index contributed by atoms with van der Waals surface area (Å²) < 4.78 is 2.00. The normalized spacial score (nSPS) is 10.9. The number of amides is 1. The largest absolute Gasteiger partial charge is 0.355 e. The molecule has 108 valence electrons. The first-order valence-corrected chi connectivity index (χ1v) is 7.30. The SMILES string of the molecule is CCCNCc1cccc2c1ccn2CC(=O)NCC. The molecule has 0 radical (unpaired) electrons. The van der Waals surface area contributed by atoms with Gasteiger partial charge < -0.3 is 15.2 Å². The fraction of sp³-hybridized carbons (Fsp3) is 0.438. The zero-order valence-electron chi connectivity index (χ0n) is 12.3. The molecule has 2 N–H and O–H groups in total. The molecule has 0 saturated heterocycles. The maximum atomic E-state index is 11.7. The zero-order chi connectivity index (χ0) is 14.4. The Kier molecular flexibility index (Phi) is 5.18. The smallest absolute Gasteiger partial charge is 0.239 e. The number of benzene rings is 1. The topological polar surface area (TPSA) is 46.1 Å². The lowest BCUT2D eigenvalue weighted by molar-refractivity contribution is -0.121. The second-order valence-corrected chi connectivity index (χ2v) is 4.92. The molecule has 4 nitrogen and oxygen atoms in total. The monoisotopic (exact) mass is 273 g/mol. The van der Waals surface area contributed by atoms with Gasteiger partial charge in [0.15, 0.2) is 0 Å². The molecule has 0 aliphatic carbocycles. The number of rotatable bonds is 7. The number of likely N-dealkylation sites (N-methyl/N-ethyl adjacent to an activating group) is 1. The van der Waals surface area contributed by atoms with E-state index in [0.29, 0.717) is 13.1 Å². The number of carbonyl (C=O) groups excluding carboxylic acids is 1. The van der Waals surface area contributed by atoms with Gasteiger partial charge in [0.05, 0.1) is 0 Å². The van der Waals surface area contributed by atoms with Gasteiger partial charge in [0, 0.05) is 30.2 Å². The van der Waals surface area contributed by atoms with Crippen LogP contribution in [0.1, 0.15) is 25.8 Å². The molecule has 1 aromatic heterocycles. The van der Waals surface area contributed by atoms with Crippen molar-refractivity contribution in [2.24, 2.45) is 0 Å². The van der Waals surface area contributed by atoms with E-state index in [2.05, 4.69) is 41.8 Å². The lowest BCUT2D eigenvalue weighted by Gasteiger charge is -2.08. The lowest BCUT2D eigenvalue weighted by atomic mass is 10.1. The number of carbonyl (C=O) groups is 1. The molecule has 1 amide bonds. The maximum Gasteiger partial charge on any atom is 0.239 e. The standard InChI is InChI=1S/C16H23N3O/c1-3-9-17-11-13-6-5-7-15-14(13)8-10-19(15)12-16(20)18-4-2/h5-8,10,17H,3-4,9,11-12H2,1-2H3,(H,18,20). The van der Waals surface area contributed by atoms with Gasteiger partial charge in [0.2, 0.25) is 5.91 Å². The van der Waals surface area contributed by atoms with Crippen LogP contribution in [-0.2, 0) is 17.9 Å². The quantitative estimate of drug-likeness (QED) is 0.760. The first-order valence-electron chi connectivity index (χ1n) is 7.30. The van der Waals surface area contributed by atoms with Gasteiger partial charge in [-0.2, -0.15) is 0 Å². The van der Waals surface area contributed by atoms with E-state index in [9.17, 15) is 4.79 Å². The fourth-order valence-corrected chi connectivity index (χ4v) is 2.39. The van der Waals surface area contributed by atoms with E-state index in [1.54, 1.807) is 0 Å². The third-order valence-electron chi connectivity index (χ3n) is 3.33. The van der Waals surface area contributed by atoms with Gasteiger partial charge in [0.1, 0.15) is 6.54 Å². The molecule has 0 bridgehead atoms. The molecule has 1 heterocycles. The molecule has 2 rings (SSSR count). The number of nitrogens with one attached hydrogen (secondary N) is 2. The van der Waals surface area contributed by atoms with Crippen LogP contribution in [0, 0.1) is 0 Å². The van der Waals surface area contributed by atoms with Gasteiger partial charge in [-0.3, -0.25) is 4.79 Å². The van der Waals surface area contributed by atoms with E-state index >= 15 is 0 Å². The molecule has 20 heavy (non-hydrogen) atoms. The molecule has 1 aromatic carbocycles. The zero-order valence-corrected chi connectivity index (χ0v) is 12.3. The highest BCUT2D eigenvalue weighted by Crippen LogP contribution is 2.20. The molecule has 0 fully saturated rings. The Morgan fingerprint density at radius 3 is 2.85 bits per heavy atom. The Labute approximate surface area is 120 Å². The van der Waals surface area contributed by atoms with Crippen LogP contribution in [0.15, 0.2) is 30.5 Å². The molecular weight excluding hydrogens is 250 g/mol. The van der Waals surface area contributed by atoms with E-state index in [1.165, 1.54) is 10.9 Å². The molecule has 4 heteroatoms. The summed E-state index contributed by atoms with van der Waals surface area (Å²) in [6.45, 7) is 7.04. The summed E-state index contributed by atoms with van der Waals surface area (Å²) in [5.41, 5.74) is 2.40. The highest BCUT2D eigenvalue weighted by molar-refractivity contribution is 5.85. The van der Waals surface area contributed by atoms with Gasteiger partial charge in [0.25, 0.3) is 0 Å². The highest BCUT2D eigenvalue weighted by Gasteiger charge is 2.07. The predicted octanol–water partition coefficient (Wildman–Crippen LogP) is 2.28. The second-order valence-electron chi connectivity index (χ2n) is 4.92. The minimum atomic E-state index is 0.0551. The predicted molar refractivity (Wildman–Crippen MR) is 82.6 cm³/mol. The first kappa shape index (κ1) is 14.6. The van der Waals surface area contributed by atoms with Crippen molar-refractivity contribution in [2.45, 2.75) is 33.4 Å². The van der Waals surface area contributed by atoms with Crippen molar-refractivity contribution < 1.29 is 4.79 Å². The van der Waals surface area contributed by atoms with Gasteiger partial charge in [-0.25, -0.2) is 0 Å². The Morgan fingerprint density at radius 2 is 2.10 bits per heavy atom. The van der Waals surface area contributed by atoms with Crippen LogP contribution in [-0.4, -0.2) is 23.6 Å². The summed E-state index contributed by atoms with van der Waals surface area (Å²) in [7, 11) is 0. The van der Waals surface area contributed by atoms with Crippen LogP contribution >= 0.6 is 0 Å². The second kappa shape index (κ2) is 7.10. The summed E-state index contributed by atoms with van der Waals surface area (Å²) in [5, 5.41) is 7.48. The lowest BCUT2D eigenvalue weighted by Crippen LogP contribution is -2.26. The van der Waals surface area contributed by atoms with Crippen molar-refractivity contribution in [3.63, 3.8) is 0 Å². The van der Waals surface area contributed by atoms with Crippen molar-refractivity contribution in [3.8, 4) is 0 Å². The Morgan fingerprint density at radius 1 is 1.25 bits per heavy atom. The molecule has 0 unspecified atom stereocenters. The number of hydrogen-bond donors (Lipinski definition) is 2. The highest BCUT2D eigenvalue weighted by atomic mass is 16.1. The van der Waals surface area contributed by atoms with Crippen molar-refractivity contribution in [1.29, 1.82) is 0 Å². The van der Waals surface area contributed by atoms with Crippen LogP contribution in [0.4, 0.5) is 0 Å². The Hall–Kier alpha value is -1.81. The van der Waals surface area contributed by atoms with Crippen LogP contribution in [0.3, 0.4) is 0 Å². The summed E-state index contributed by atoms with van der Waals surface area (Å²) in [5.74, 6) is 0.0551. The number of hydrogen-bond acceptors (Lipinski definition) is 2. The van der Waals surface area contributed by atoms with Crippen molar-refractivity contribution in [1.82, 2.24) is 15.2 Å². The summed E-state index contributed by atoms with van der Waals surface area (Å²) in [4.78, 5) is 11.7. The minimum Gasteiger partial charge on any atom is -0.355 e. The van der Waals surface area contributed by atoms with Crippen molar-refractivity contribution >= 4 is 16.8 Å². The molecule has 0 aliphatic heterocycles. The van der Waals surface area contributed by atoms with Crippen molar-refractivity contribution in [3.05, 3.63) is 36.0 Å². The maximum absolute atomic E-state index is 11.7. The molecule has 0 spiro atoms. The average molecular weight is 273 g/mol. The summed E-state index contributed by atoms with van der Waals surface area (Å²) in [6, 6.07) is 8.36. The minimum absolute atomic E-state index is 0.0551. The number of nitrogens with zero attached hydrogens (tertiary/aromatic N) is 1. The van der Waals surface area contributed by atoms with Crippen LogP contribution in [0.5, 0.6) is 0 Å². The average Bonchev–Trinajstić information content (AvgIpc) is 2.83.